The van der Waals surface area contributed by atoms with Crippen molar-refractivity contribution >= 4 is 28.3 Å². The molecule has 2 aromatic rings. The van der Waals surface area contributed by atoms with Crippen LogP contribution < -0.4 is 0 Å². The number of nitrogens with zero attached hydrogens (tertiary/aromatic N) is 1. The van der Waals surface area contributed by atoms with Gasteiger partial charge in [-0.3, -0.25) is 0 Å². The van der Waals surface area contributed by atoms with Gasteiger partial charge in [0.1, 0.15) is 4.32 Å². The first-order valence-corrected chi connectivity index (χ1v) is 7.86. The topological polar surface area (TPSA) is 23.5 Å². The third-order valence-corrected chi connectivity index (χ3v) is 5.07. The molecule has 0 aliphatic carbocycles. The SMILES string of the molecule is O[C@]1(c2ccccc2)CSC(=S)N1Cc1ccccc1. The monoisotopic (exact) mass is 301 g/mol. The van der Waals surface area contributed by atoms with Crippen molar-refractivity contribution in [2.45, 2.75) is 12.3 Å². The van der Waals surface area contributed by atoms with Crippen molar-refractivity contribution in [1.29, 1.82) is 0 Å². The lowest BCUT2D eigenvalue weighted by Crippen LogP contribution is -2.43. The molecule has 1 heterocycles. The summed E-state index contributed by atoms with van der Waals surface area (Å²) >= 11 is 6.95. The summed E-state index contributed by atoms with van der Waals surface area (Å²) in [6, 6.07) is 19.8. The summed E-state index contributed by atoms with van der Waals surface area (Å²) in [5.74, 6) is 0.572. The van der Waals surface area contributed by atoms with Gasteiger partial charge in [-0.2, -0.15) is 0 Å². The number of hydrogen-bond acceptors (Lipinski definition) is 3. The molecule has 1 fully saturated rings. The fourth-order valence-electron chi connectivity index (χ4n) is 2.37. The Morgan fingerprint density at radius 1 is 1.05 bits per heavy atom. The van der Waals surface area contributed by atoms with Crippen molar-refractivity contribution in [3.8, 4) is 0 Å². The van der Waals surface area contributed by atoms with Gasteiger partial charge in [-0.15, -0.1) is 0 Å². The van der Waals surface area contributed by atoms with Crippen LogP contribution >= 0.6 is 24.0 Å². The highest BCUT2D eigenvalue weighted by atomic mass is 32.2. The molecule has 20 heavy (non-hydrogen) atoms. The van der Waals surface area contributed by atoms with E-state index in [1.807, 2.05) is 53.4 Å². The Kier molecular flexibility index (Phi) is 3.78. The van der Waals surface area contributed by atoms with Crippen LogP contribution in [0.4, 0.5) is 0 Å². The molecule has 0 amide bonds. The van der Waals surface area contributed by atoms with Gasteiger partial charge >= 0.3 is 0 Å². The molecule has 1 aliphatic heterocycles. The maximum atomic E-state index is 11.1. The highest BCUT2D eigenvalue weighted by Crippen LogP contribution is 2.39. The van der Waals surface area contributed by atoms with Crippen molar-refractivity contribution in [3.63, 3.8) is 0 Å². The van der Waals surface area contributed by atoms with Crippen LogP contribution in [-0.2, 0) is 12.3 Å². The molecule has 0 bridgehead atoms. The zero-order valence-corrected chi connectivity index (χ0v) is 12.5. The summed E-state index contributed by atoms with van der Waals surface area (Å²) < 4.78 is 0.750. The largest absolute Gasteiger partial charge is 0.366 e. The Morgan fingerprint density at radius 3 is 2.30 bits per heavy atom. The van der Waals surface area contributed by atoms with Gasteiger partial charge in [-0.25, -0.2) is 0 Å². The molecule has 4 heteroatoms. The minimum atomic E-state index is -1.02. The Bertz CT molecular complexity index is 602. The van der Waals surface area contributed by atoms with Crippen molar-refractivity contribution in [1.82, 2.24) is 4.90 Å². The van der Waals surface area contributed by atoms with Crippen LogP contribution in [-0.4, -0.2) is 20.1 Å². The molecular formula is C16H15NOS2. The Labute approximate surface area is 128 Å². The Balaban J connectivity index is 1.93. The molecule has 0 unspecified atom stereocenters. The fourth-order valence-corrected chi connectivity index (χ4v) is 3.79. The average molecular weight is 301 g/mol. The first-order chi connectivity index (χ1) is 9.70. The summed E-state index contributed by atoms with van der Waals surface area (Å²) in [4.78, 5) is 1.91. The summed E-state index contributed by atoms with van der Waals surface area (Å²) in [5.41, 5.74) is 1.02. The fraction of sp³-hybridized carbons (Fsp3) is 0.188. The van der Waals surface area contributed by atoms with Crippen LogP contribution in [0.2, 0.25) is 0 Å². The molecule has 0 spiro atoms. The Hall–Kier alpha value is -1.36. The van der Waals surface area contributed by atoms with Gasteiger partial charge in [0, 0.05) is 12.1 Å². The number of aliphatic hydroxyl groups is 1. The normalized spacial score (nSPS) is 22.2. The first kappa shape index (κ1) is 13.6. The molecular weight excluding hydrogens is 286 g/mol. The molecule has 102 valence electrons. The highest BCUT2D eigenvalue weighted by Gasteiger charge is 2.43. The highest BCUT2D eigenvalue weighted by molar-refractivity contribution is 8.23. The van der Waals surface area contributed by atoms with Crippen LogP contribution in [0.25, 0.3) is 0 Å². The van der Waals surface area contributed by atoms with Crippen LogP contribution in [0.3, 0.4) is 0 Å². The van der Waals surface area contributed by atoms with Crippen LogP contribution in [0, 0.1) is 0 Å². The van der Waals surface area contributed by atoms with Crippen LogP contribution in [0.1, 0.15) is 11.1 Å². The lowest BCUT2D eigenvalue weighted by molar-refractivity contribution is -0.0508. The summed E-state index contributed by atoms with van der Waals surface area (Å²) in [5, 5.41) is 11.1. The molecule has 0 saturated carbocycles. The van der Waals surface area contributed by atoms with Crippen LogP contribution in [0.15, 0.2) is 60.7 Å². The molecule has 1 atom stereocenters. The average Bonchev–Trinajstić information content (AvgIpc) is 2.79. The summed E-state index contributed by atoms with van der Waals surface area (Å²) in [6.07, 6.45) is 0. The molecule has 1 saturated heterocycles. The quantitative estimate of drug-likeness (QED) is 0.878. The maximum absolute atomic E-state index is 11.1. The summed E-state index contributed by atoms with van der Waals surface area (Å²) in [6.45, 7) is 0.623. The van der Waals surface area contributed by atoms with E-state index in [2.05, 4.69) is 12.1 Å². The third-order valence-electron chi connectivity index (χ3n) is 3.48. The van der Waals surface area contributed by atoms with Gasteiger partial charge in [0.25, 0.3) is 0 Å². The molecule has 0 aromatic heterocycles. The lowest BCUT2D eigenvalue weighted by atomic mass is 10.0. The van der Waals surface area contributed by atoms with E-state index in [9.17, 15) is 5.11 Å². The second-order valence-corrected chi connectivity index (χ2v) is 6.42. The van der Waals surface area contributed by atoms with Crippen molar-refractivity contribution in [3.05, 3.63) is 71.8 Å². The van der Waals surface area contributed by atoms with Crippen molar-refractivity contribution < 1.29 is 5.11 Å². The minimum absolute atomic E-state index is 0.572. The standard InChI is InChI=1S/C16H15NOS2/c18-16(14-9-5-2-6-10-14)12-20-15(19)17(16)11-13-7-3-1-4-8-13/h1-10,18H,11-12H2/t16-/m0/s1. The lowest BCUT2D eigenvalue weighted by Gasteiger charge is -2.34. The van der Waals surface area contributed by atoms with Crippen LogP contribution in [0.5, 0.6) is 0 Å². The van der Waals surface area contributed by atoms with E-state index in [0.717, 1.165) is 15.4 Å². The van der Waals surface area contributed by atoms with E-state index in [4.69, 9.17) is 12.2 Å². The van der Waals surface area contributed by atoms with Crippen molar-refractivity contribution in [2.24, 2.45) is 0 Å². The third kappa shape index (κ3) is 2.46. The number of thioether (sulfide) groups is 1. The second-order valence-electron chi connectivity index (χ2n) is 4.81. The second kappa shape index (κ2) is 5.56. The molecule has 1 aliphatic rings. The molecule has 2 aromatic carbocycles. The van der Waals surface area contributed by atoms with E-state index < -0.39 is 5.72 Å². The number of benzene rings is 2. The van der Waals surface area contributed by atoms with E-state index in [1.165, 1.54) is 11.8 Å². The van der Waals surface area contributed by atoms with Gasteiger partial charge in [0.05, 0.1) is 5.75 Å². The maximum Gasteiger partial charge on any atom is 0.175 e. The first-order valence-electron chi connectivity index (χ1n) is 6.46. The van der Waals surface area contributed by atoms with Gasteiger partial charge < -0.3 is 10.0 Å². The zero-order valence-electron chi connectivity index (χ0n) is 10.9. The van der Waals surface area contributed by atoms with Gasteiger partial charge in [-0.05, 0) is 5.56 Å². The molecule has 1 N–H and O–H groups in total. The molecule has 3 rings (SSSR count). The minimum Gasteiger partial charge on any atom is -0.366 e. The number of rotatable bonds is 3. The smallest absolute Gasteiger partial charge is 0.175 e. The summed E-state index contributed by atoms with van der Waals surface area (Å²) in [7, 11) is 0. The zero-order chi connectivity index (χ0) is 14.0. The van der Waals surface area contributed by atoms with Gasteiger partial charge in [0.15, 0.2) is 5.72 Å². The van der Waals surface area contributed by atoms with E-state index in [1.54, 1.807) is 0 Å². The predicted octanol–water partition coefficient (Wildman–Crippen LogP) is 3.37. The van der Waals surface area contributed by atoms with Gasteiger partial charge in [-0.1, -0.05) is 84.6 Å². The van der Waals surface area contributed by atoms with Crippen molar-refractivity contribution in [2.75, 3.05) is 5.75 Å². The number of hydrogen-bond donors (Lipinski definition) is 1. The number of thiocarbonyl (C=S) groups is 1. The Morgan fingerprint density at radius 2 is 1.65 bits per heavy atom. The van der Waals surface area contributed by atoms with E-state index in [-0.39, 0.29) is 0 Å². The predicted molar refractivity (Wildman–Crippen MR) is 87.4 cm³/mol. The van der Waals surface area contributed by atoms with Gasteiger partial charge in [0.2, 0.25) is 0 Å². The molecule has 0 radical (unpaired) electrons. The molecule has 2 nitrogen and oxygen atoms in total. The van der Waals surface area contributed by atoms with E-state index in [0.29, 0.717) is 12.3 Å². The van der Waals surface area contributed by atoms with E-state index >= 15 is 0 Å².